The number of hydrogen-bond donors (Lipinski definition) is 0. The van der Waals surface area contributed by atoms with Gasteiger partial charge in [0.05, 0.1) is 25.4 Å². The summed E-state index contributed by atoms with van der Waals surface area (Å²) in [5.74, 6) is 0.0886. The second kappa shape index (κ2) is 17.3. The molecule has 0 aromatic heterocycles. The van der Waals surface area contributed by atoms with Crippen LogP contribution >= 0.6 is 0 Å². The van der Waals surface area contributed by atoms with Crippen LogP contribution in [0.3, 0.4) is 0 Å². The van der Waals surface area contributed by atoms with E-state index < -0.39 is 30.4 Å². The van der Waals surface area contributed by atoms with Crippen LogP contribution in [-0.4, -0.2) is 56.2 Å². The highest BCUT2D eigenvalue weighted by molar-refractivity contribution is 5.89. The van der Waals surface area contributed by atoms with Crippen LogP contribution in [0.1, 0.15) is 101 Å². The van der Waals surface area contributed by atoms with Crippen molar-refractivity contribution in [2.24, 2.45) is 0 Å². The molecule has 3 rings (SSSR count). The predicted molar refractivity (Wildman–Crippen MR) is 146 cm³/mol. The molecule has 2 aliphatic heterocycles. The van der Waals surface area contributed by atoms with Gasteiger partial charge in [-0.3, -0.25) is 4.79 Å². The molecule has 4 atom stereocenters. The van der Waals surface area contributed by atoms with Gasteiger partial charge in [-0.05, 0) is 49.9 Å². The first-order chi connectivity index (χ1) is 18.6. The normalized spacial score (nSPS) is 22.1. The lowest BCUT2D eigenvalue weighted by atomic mass is 10.1. The zero-order valence-electron chi connectivity index (χ0n) is 23.1. The topological polar surface area (TPSA) is 80.3 Å². The molecule has 7 nitrogen and oxygen atoms in total. The molecule has 0 bridgehead atoms. The van der Waals surface area contributed by atoms with Gasteiger partial charge in [-0.15, -0.1) is 6.58 Å². The first kappa shape index (κ1) is 30.2. The molecule has 2 aliphatic rings. The molecular formula is C31H46O7. The number of benzene rings is 1. The maximum atomic E-state index is 12.7. The van der Waals surface area contributed by atoms with Crippen molar-refractivity contribution in [2.45, 2.75) is 115 Å². The lowest BCUT2D eigenvalue weighted by Gasteiger charge is -2.17. The second-order valence-corrected chi connectivity index (χ2v) is 10.3. The number of rotatable bonds is 19. The van der Waals surface area contributed by atoms with E-state index in [0.29, 0.717) is 18.6 Å². The van der Waals surface area contributed by atoms with E-state index in [-0.39, 0.29) is 19.2 Å². The monoisotopic (exact) mass is 530 g/mol. The van der Waals surface area contributed by atoms with Crippen LogP contribution in [0.2, 0.25) is 0 Å². The van der Waals surface area contributed by atoms with Gasteiger partial charge in [0.2, 0.25) is 0 Å². The Balaban J connectivity index is 1.32. The molecular weight excluding hydrogens is 484 g/mol. The van der Waals surface area contributed by atoms with E-state index in [4.69, 9.17) is 23.7 Å². The molecule has 2 heterocycles. The van der Waals surface area contributed by atoms with Crippen LogP contribution in [0.25, 0.3) is 0 Å². The molecule has 0 amide bonds. The third-order valence-electron chi connectivity index (χ3n) is 7.15. The second-order valence-electron chi connectivity index (χ2n) is 10.3. The first-order valence-corrected chi connectivity index (χ1v) is 14.6. The van der Waals surface area contributed by atoms with Gasteiger partial charge in [0.1, 0.15) is 18.0 Å². The minimum atomic E-state index is -0.531. The zero-order chi connectivity index (χ0) is 27.0. The summed E-state index contributed by atoms with van der Waals surface area (Å²) >= 11 is 0. The fourth-order valence-corrected chi connectivity index (χ4v) is 4.91. The minimum Gasteiger partial charge on any atom is -0.494 e. The van der Waals surface area contributed by atoms with E-state index in [9.17, 15) is 9.59 Å². The molecule has 0 radical (unpaired) electrons. The third-order valence-corrected chi connectivity index (χ3v) is 7.15. The van der Waals surface area contributed by atoms with Gasteiger partial charge in [-0.2, -0.15) is 0 Å². The lowest BCUT2D eigenvalue weighted by molar-refractivity contribution is -0.153. The van der Waals surface area contributed by atoms with Crippen molar-refractivity contribution < 1.29 is 33.3 Å². The number of hydrogen-bond acceptors (Lipinski definition) is 7. The van der Waals surface area contributed by atoms with Crippen LogP contribution in [0.5, 0.6) is 5.75 Å². The van der Waals surface area contributed by atoms with Crippen molar-refractivity contribution in [1.29, 1.82) is 0 Å². The van der Waals surface area contributed by atoms with Gasteiger partial charge in [0, 0.05) is 6.42 Å². The van der Waals surface area contributed by atoms with E-state index in [1.54, 1.807) is 24.3 Å². The van der Waals surface area contributed by atoms with E-state index in [2.05, 4.69) is 13.5 Å². The zero-order valence-corrected chi connectivity index (χ0v) is 23.1. The van der Waals surface area contributed by atoms with Gasteiger partial charge >= 0.3 is 11.9 Å². The van der Waals surface area contributed by atoms with Crippen molar-refractivity contribution in [2.75, 3.05) is 19.8 Å². The van der Waals surface area contributed by atoms with Crippen molar-refractivity contribution >= 4 is 11.9 Å². The minimum absolute atomic E-state index is 0.222. The molecule has 0 aliphatic carbocycles. The SMILES string of the molecule is C=CCCCCCCCCC(=O)O[C@@H]1CO[C@H]2[C@@H]1OC[C@@H]2OC(=O)c1ccc(OCCCCCCC)cc1. The quantitative estimate of drug-likeness (QED) is 0.114. The summed E-state index contributed by atoms with van der Waals surface area (Å²) < 4.78 is 28.7. The van der Waals surface area contributed by atoms with E-state index in [1.807, 2.05) is 6.08 Å². The summed E-state index contributed by atoms with van der Waals surface area (Å²) in [4.78, 5) is 25.0. The number of unbranched alkanes of at least 4 members (excludes halogenated alkanes) is 10. The molecule has 0 spiro atoms. The van der Waals surface area contributed by atoms with Gasteiger partial charge in [-0.1, -0.05) is 64.4 Å². The maximum absolute atomic E-state index is 12.7. The Morgan fingerprint density at radius 2 is 1.45 bits per heavy atom. The highest BCUT2D eigenvalue weighted by atomic mass is 16.7. The fraction of sp³-hybridized carbons (Fsp3) is 0.677. The van der Waals surface area contributed by atoms with Crippen molar-refractivity contribution in [3.05, 3.63) is 42.5 Å². The number of carbonyl (C=O) groups excluding carboxylic acids is 2. The maximum Gasteiger partial charge on any atom is 0.338 e. The molecule has 1 aromatic carbocycles. The molecule has 2 fully saturated rings. The van der Waals surface area contributed by atoms with E-state index in [0.717, 1.165) is 37.9 Å². The fourth-order valence-electron chi connectivity index (χ4n) is 4.91. The molecule has 7 heteroatoms. The number of ether oxygens (including phenoxy) is 5. The molecule has 0 saturated carbocycles. The molecule has 38 heavy (non-hydrogen) atoms. The Hall–Kier alpha value is -2.38. The molecule has 2 saturated heterocycles. The highest BCUT2D eigenvalue weighted by Crippen LogP contribution is 2.31. The van der Waals surface area contributed by atoms with Crippen molar-refractivity contribution in [3.8, 4) is 5.75 Å². The Kier molecular flexibility index (Phi) is 13.7. The number of allylic oxidation sites excluding steroid dienone is 1. The number of fused-ring (bicyclic) bond motifs is 1. The Bertz CT molecular complexity index is 837. The van der Waals surface area contributed by atoms with E-state index >= 15 is 0 Å². The van der Waals surface area contributed by atoms with Crippen molar-refractivity contribution in [3.63, 3.8) is 0 Å². The summed E-state index contributed by atoms with van der Waals surface area (Å²) in [5.41, 5.74) is 0.449. The van der Waals surface area contributed by atoms with Crippen LogP contribution < -0.4 is 4.74 Å². The summed E-state index contributed by atoms with van der Waals surface area (Å²) in [6, 6.07) is 7.01. The van der Waals surface area contributed by atoms with Crippen LogP contribution in [0.15, 0.2) is 36.9 Å². The molecule has 212 valence electrons. The van der Waals surface area contributed by atoms with Gasteiger partial charge in [0.15, 0.2) is 12.2 Å². The van der Waals surface area contributed by atoms with Crippen LogP contribution in [-0.2, 0) is 23.7 Å². The summed E-state index contributed by atoms with van der Waals surface area (Å²) in [6.45, 7) is 7.09. The van der Waals surface area contributed by atoms with Gasteiger partial charge in [-0.25, -0.2) is 4.79 Å². The van der Waals surface area contributed by atoms with E-state index in [1.165, 1.54) is 44.9 Å². The summed E-state index contributed by atoms with van der Waals surface area (Å²) in [7, 11) is 0. The average molecular weight is 531 g/mol. The lowest BCUT2D eigenvalue weighted by Crippen LogP contribution is -2.36. The van der Waals surface area contributed by atoms with Gasteiger partial charge < -0.3 is 23.7 Å². The largest absolute Gasteiger partial charge is 0.494 e. The van der Waals surface area contributed by atoms with Gasteiger partial charge in [0.25, 0.3) is 0 Å². The summed E-state index contributed by atoms with van der Waals surface area (Å²) in [5, 5.41) is 0. The predicted octanol–water partition coefficient (Wildman–Crippen LogP) is 6.58. The third kappa shape index (κ3) is 10.1. The van der Waals surface area contributed by atoms with Crippen LogP contribution in [0, 0.1) is 0 Å². The highest BCUT2D eigenvalue weighted by Gasteiger charge is 2.51. The summed E-state index contributed by atoms with van der Waals surface area (Å²) in [6.07, 6.45) is 14.1. The Labute approximate surface area is 228 Å². The number of esters is 2. The average Bonchev–Trinajstić information content (AvgIpc) is 3.51. The molecule has 1 aromatic rings. The Morgan fingerprint density at radius 1 is 0.842 bits per heavy atom. The Morgan fingerprint density at radius 3 is 2.13 bits per heavy atom. The smallest absolute Gasteiger partial charge is 0.338 e. The standard InChI is InChI=1S/C31H46O7/c1-3-5-7-9-10-11-12-14-16-28(32)37-26-22-35-30-27(23-36-29(26)30)38-31(33)24-17-19-25(20-18-24)34-21-15-13-8-6-4-2/h3,17-20,26-27,29-30H,1,4-16,21-23H2,2H3/t26-,27+,29-,30-/m1/s1. The molecule has 0 N–H and O–H groups in total. The first-order valence-electron chi connectivity index (χ1n) is 14.6. The van der Waals surface area contributed by atoms with Crippen molar-refractivity contribution in [1.82, 2.24) is 0 Å². The number of carbonyl (C=O) groups is 2. The van der Waals surface area contributed by atoms with Crippen LogP contribution in [0.4, 0.5) is 0 Å². The molecule has 0 unspecified atom stereocenters.